The molecule has 150 valence electrons. The molecular weight excluding hydrogens is 364 g/mol. The molecule has 1 fully saturated rings. The molecule has 6 nitrogen and oxygen atoms in total. The molecule has 0 spiro atoms. The van der Waals surface area contributed by atoms with Gasteiger partial charge in [0.15, 0.2) is 0 Å². The fourth-order valence-corrected chi connectivity index (χ4v) is 3.66. The summed E-state index contributed by atoms with van der Waals surface area (Å²) in [5.74, 6) is 2.40. The lowest BCUT2D eigenvalue weighted by atomic mass is 9.84. The molecule has 0 amide bonds. The maximum Gasteiger partial charge on any atom is 0.141 e. The Hall–Kier alpha value is -3.15. The molecule has 3 aromatic rings. The van der Waals surface area contributed by atoms with E-state index in [1.165, 1.54) is 50.3 Å². The average Bonchev–Trinajstić information content (AvgIpc) is 3.30. The summed E-state index contributed by atoms with van der Waals surface area (Å²) in [6.45, 7) is 0.984. The number of benzene rings is 2. The molecule has 29 heavy (non-hydrogen) atoms. The number of hydrogen-bond acceptors (Lipinski definition) is 5. The summed E-state index contributed by atoms with van der Waals surface area (Å²) in [4.78, 5) is 0. The van der Waals surface area contributed by atoms with Crippen LogP contribution < -0.4 is 9.47 Å². The van der Waals surface area contributed by atoms with Crippen molar-refractivity contribution in [2.45, 2.75) is 38.0 Å². The van der Waals surface area contributed by atoms with Crippen molar-refractivity contribution < 1.29 is 9.47 Å². The van der Waals surface area contributed by atoms with Crippen LogP contribution in [-0.2, 0) is 0 Å². The highest BCUT2D eigenvalue weighted by Crippen LogP contribution is 2.33. The SMILES string of the molecule is C(=N\n1cnnc1)/c1cccc(OCCOc2ccc(C3CCCCC3)cc2)c1. The standard InChI is InChI=1S/C23H26N4O2/c1-2-6-20(7-3-1)21-9-11-22(12-10-21)28-13-14-29-23-8-4-5-19(15-23)16-26-27-17-24-25-18-27/h4-5,8-12,15-18,20H,1-3,6-7,13-14H2/b26-16+. The van der Waals surface area contributed by atoms with Crippen LogP contribution in [0.4, 0.5) is 0 Å². The second-order valence-electron chi connectivity index (χ2n) is 7.26. The molecule has 4 rings (SSSR count). The quantitative estimate of drug-likeness (QED) is 0.414. The minimum Gasteiger partial charge on any atom is -0.490 e. The normalized spacial score (nSPS) is 14.9. The van der Waals surface area contributed by atoms with Crippen molar-refractivity contribution in [2.75, 3.05) is 13.2 Å². The molecule has 2 aromatic carbocycles. The van der Waals surface area contributed by atoms with Gasteiger partial charge in [0.1, 0.15) is 37.4 Å². The molecule has 0 unspecified atom stereocenters. The molecule has 0 N–H and O–H groups in total. The smallest absolute Gasteiger partial charge is 0.141 e. The summed E-state index contributed by atoms with van der Waals surface area (Å²) in [6.07, 6.45) is 11.5. The van der Waals surface area contributed by atoms with Crippen LogP contribution in [0.3, 0.4) is 0 Å². The molecule has 1 aromatic heterocycles. The maximum absolute atomic E-state index is 5.83. The van der Waals surface area contributed by atoms with E-state index in [0.29, 0.717) is 13.2 Å². The third kappa shape index (κ3) is 5.67. The van der Waals surface area contributed by atoms with Crippen LogP contribution in [0, 0.1) is 0 Å². The first kappa shape index (κ1) is 19.2. The fourth-order valence-electron chi connectivity index (χ4n) is 3.66. The van der Waals surface area contributed by atoms with Crippen LogP contribution in [0.15, 0.2) is 66.3 Å². The largest absolute Gasteiger partial charge is 0.490 e. The van der Waals surface area contributed by atoms with Gasteiger partial charge in [0.05, 0.1) is 6.21 Å². The van der Waals surface area contributed by atoms with E-state index in [2.05, 4.69) is 39.6 Å². The van der Waals surface area contributed by atoms with E-state index in [4.69, 9.17) is 9.47 Å². The number of hydrogen-bond donors (Lipinski definition) is 0. The predicted octanol–water partition coefficient (Wildman–Crippen LogP) is 4.67. The Kier molecular flexibility index (Phi) is 6.53. The third-order valence-electron chi connectivity index (χ3n) is 5.18. The minimum atomic E-state index is 0.483. The lowest BCUT2D eigenvalue weighted by molar-refractivity contribution is 0.217. The van der Waals surface area contributed by atoms with Gasteiger partial charge in [0.2, 0.25) is 0 Å². The van der Waals surface area contributed by atoms with Gasteiger partial charge in [-0.15, -0.1) is 10.2 Å². The molecule has 1 aliphatic rings. The van der Waals surface area contributed by atoms with Crippen molar-refractivity contribution in [1.82, 2.24) is 14.9 Å². The van der Waals surface area contributed by atoms with Gasteiger partial charge in [-0.05, 0) is 54.2 Å². The van der Waals surface area contributed by atoms with Crippen molar-refractivity contribution >= 4 is 6.21 Å². The zero-order valence-corrected chi connectivity index (χ0v) is 16.5. The van der Waals surface area contributed by atoms with Crippen molar-refractivity contribution in [3.05, 3.63) is 72.3 Å². The Bertz CT molecular complexity index is 901. The molecule has 0 atom stereocenters. The second-order valence-corrected chi connectivity index (χ2v) is 7.26. The topological polar surface area (TPSA) is 61.5 Å². The molecule has 0 saturated heterocycles. The van der Waals surface area contributed by atoms with E-state index in [-0.39, 0.29) is 0 Å². The summed E-state index contributed by atoms with van der Waals surface area (Å²) in [7, 11) is 0. The van der Waals surface area contributed by atoms with Gasteiger partial charge in [-0.2, -0.15) is 5.10 Å². The van der Waals surface area contributed by atoms with Crippen LogP contribution in [0.2, 0.25) is 0 Å². The third-order valence-corrected chi connectivity index (χ3v) is 5.18. The van der Waals surface area contributed by atoms with Crippen LogP contribution in [0.1, 0.15) is 49.1 Å². The summed E-state index contributed by atoms with van der Waals surface area (Å²) in [5, 5.41) is 11.7. The van der Waals surface area contributed by atoms with E-state index in [0.717, 1.165) is 23.0 Å². The van der Waals surface area contributed by atoms with Gasteiger partial charge in [0, 0.05) is 0 Å². The highest BCUT2D eigenvalue weighted by molar-refractivity contribution is 5.80. The fraction of sp³-hybridized carbons (Fsp3) is 0.348. The van der Waals surface area contributed by atoms with Crippen molar-refractivity contribution in [3.8, 4) is 11.5 Å². The first-order valence-corrected chi connectivity index (χ1v) is 10.2. The number of nitrogens with zero attached hydrogens (tertiary/aromatic N) is 4. The summed E-state index contributed by atoms with van der Waals surface area (Å²) >= 11 is 0. The van der Waals surface area contributed by atoms with Crippen molar-refractivity contribution in [3.63, 3.8) is 0 Å². The van der Waals surface area contributed by atoms with Gasteiger partial charge in [-0.1, -0.05) is 43.5 Å². The number of aromatic nitrogens is 3. The van der Waals surface area contributed by atoms with Gasteiger partial charge in [0.25, 0.3) is 0 Å². The minimum absolute atomic E-state index is 0.483. The Morgan fingerprint density at radius 1 is 0.897 bits per heavy atom. The van der Waals surface area contributed by atoms with E-state index >= 15 is 0 Å². The molecule has 0 bridgehead atoms. The number of ether oxygens (including phenoxy) is 2. The van der Waals surface area contributed by atoms with Crippen molar-refractivity contribution in [1.29, 1.82) is 0 Å². The Labute approximate surface area is 171 Å². The zero-order valence-electron chi connectivity index (χ0n) is 16.5. The lowest BCUT2D eigenvalue weighted by Crippen LogP contribution is -2.09. The van der Waals surface area contributed by atoms with Crippen LogP contribution in [-0.4, -0.2) is 34.3 Å². The van der Waals surface area contributed by atoms with Crippen LogP contribution in [0.25, 0.3) is 0 Å². The van der Waals surface area contributed by atoms with Crippen LogP contribution >= 0.6 is 0 Å². The highest BCUT2D eigenvalue weighted by Gasteiger charge is 2.15. The van der Waals surface area contributed by atoms with Gasteiger partial charge >= 0.3 is 0 Å². The maximum atomic E-state index is 5.83. The molecule has 0 radical (unpaired) electrons. The van der Waals surface area contributed by atoms with Gasteiger partial charge in [-0.25, -0.2) is 4.68 Å². The average molecular weight is 390 g/mol. The van der Waals surface area contributed by atoms with Gasteiger partial charge < -0.3 is 9.47 Å². The summed E-state index contributed by atoms with van der Waals surface area (Å²) in [5.41, 5.74) is 2.38. The van der Waals surface area contributed by atoms with Crippen LogP contribution in [0.5, 0.6) is 11.5 Å². The highest BCUT2D eigenvalue weighted by atomic mass is 16.5. The van der Waals surface area contributed by atoms with E-state index in [1.807, 2.05) is 24.3 Å². The monoisotopic (exact) mass is 390 g/mol. The van der Waals surface area contributed by atoms with E-state index in [1.54, 1.807) is 10.9 Å². The predicted molar refractivity (Wildman–Crippen MR) is 113 cm³/mol. The first-order valence-electron chi connectivity index (χ1n) is 10.2. The second kappa shape index (κ2) is 9.87. The Morgan fingerprint density at radius 2 is 1.62 bits per heavy atom. The molecule has 1 heterocycles. The Balaban J connectivity index is 1.22. The number of rotatable bonds is 8. The summed E-state index contributed by atoms with van der Waals surface area (Å²) in [6, 6.07) is 16.3. The lowest BCUT2D eigenvalue weighted by Gasteiger charge is -2.22. The van der Waals surface area contributed by atoms with E-state index < -0.39 is 0 Å². The van der Waals surface area contributed by atoms with Crippen molar-refractivity contribution in [2.24, 2.45) is 5.10 Å². The molecule has 1 aliphatic carbocycles. The zero-order chi connectivity index (χ0) is 19.7. The first-order chi connectivity index (χ1) is 14.4. The van der Waals surface area contributed by atoms with Gasteiger partial charge in [-0.3, -0.25) is 0 Å². The molecule has 1 saturated carbocycles. The molecule has 0 aliphatic heterocycles. The summed E-state index contributed by atoms with van der Waals surface area (Å²) < 4.78 is 13.2. The molecule has 6 heteroatoms. The van der Waals surface area contributed by atoms with E-state index in [9.17, 15) is 0 Å². The molecular formula is C23H26N4O2. The Morgan fingerprint density at radius 3 is 2.38 bits per heavy atom.